The summed E-state index contributed by atoms with van der Waals surface area (Å²) in [5.74, 6) is -3.00. The summed E-state index contributed by atoms with van der Waals surface area (Å²) < 4.78 is 60.5. The molecule has 0 aliphatic rings. The van der Waals surface area contributed by atoms with Gasteiger partial charge in [0.1, 0.15) is 24.3 Å². The van der Waals surface area contributed by atoms with E-state index in [9.17, 15) is 31.9 Å². The van der Waals surface area contributed by atoms with Gasteiger partial charge >= 0.3 is 6.09 Å². The molecule has 0 heterocycles. The molecule has 0 unspecified atom stereocenters. The number of hydrogen-bond donors (Lipinski definition) is 3. The van der Waals surface area contributed by atoms with Crippen molar-refractivity contribution in [3.8, 4) is 0 Å². The SMILES string of the molecule is CCCC(CCC)S(=O)(=O)C[C@H](NC(=O)OCc1ccccc1)C(=O)N(Cc1cccc(CC)c1)C[C@@H](O)[C@@H](N)Cc1cc(F)cc(F)c1. The standard InChI is InChI=1S/C37H49F2N3O6S/c1-4-11-32(12-5-2)49(46,47)25-34(41-37(45)48-24-27-13-8-7-9-14-27)36(44)42(22-28-16-10-15-26(6-3)17-28)23-35(43)33(40)20-29-18-30(38)21-31(39)19-29/h7-10,13-19,21,32-35,43H,4-6,11-12,20,22-25,40H2,1-3H3,(H,41,45)/t33-,34-,35+/m0/s1. The fraction of sp³-hybridized carbons (Fsp3) is 0.459. The van der Waals surface area contributed by atoms with Crippen LogP contribution in [0.25, 0.3) is 0 Å². The second-order valence-electron chi connectivity index (χ2n) is 12.4. The van der Waals surface area contributed by atoms with E-state index in [2.05, 4.69) is 5.32 Å². The van der Waals surface area contributed by atoms with Crippen molar-refractivity contribution in [1.29, 1.82) is 0 Å². The number of carbonyl (C=O) groups excluding carboxylic acids is 2. The molecule has 268 valence electrons. The van der Waals surface area contributed by atoms with Gasteiger partial charge in [-0.1, -0.05) is 88.2 Å². The molecule has 4 N–H and O–H groups in total. The van der Waals surface area contributed by atoms with Crippen LogP contribution in [0.5, 0.6) is 0 Å². The molecular weight excluding hydrogens is 652 g/mol. The number of halogens is 2. The molecule has 0 aliphatic carbocycles. The Kier molecular flexibility index (Phi) is 15.6. The van der Waals surface area contributed by atoms with E-state index in [1.807, 2.05) is 45.0 Å². The topological polar surface area (TPSA) is 139 Å². The van der Waals surface area contributed by atoms with Crippen LogP contribution in [0.4, 0.5) is 13.6 Å². The van der Waals surface area contributed by atoms with Gasteiger partial charge in [-0.2, -0.15) is 0 Å². The molecule has 0 bridgehead atoms. The molecule has 0 aromatic heterocycles. The molecular formula is C37H49F2N3O6S. The van der Waals surface area contributed by atoms with Crippen LogP contribution in [0.2, 0.25) is 0 Å². The molecule has 3 aromatic rings. The van der Waals surface area contributed by atoms with E-state index in [0.29, 0.717) is 36.8 Å². The minimum Gasteiger partial charge on any atom is -0.445 e. The third-order valence-electron chi connectivity index (χ3n) is 8.31. The number of aliphatic hydroxyl groups excluding tert-OH is 1. The number of benzene rings is 3. The molecule has 0 aliphatic heterocycles. The van der Waals surface area contributed by atoms with Crippen LogP contribution in [-0.2, 0) is 45.4 Å². The Morgan fingerprint density at radius 1 is 0.878 bits per heavy atom. The van der Waals surface area contributed by atoms with E-state index in [1.54, 1.807) is 30.3 Å². The van der Waals surface area contributed by atoms with Crippen LogP contribution in [-0.4, -0.2) is 66.2 Å². The zero-order valence-electron chi connectivity index (χ0n) is 28.5. The van der Waals surface area contributed by atoms with Crippen LogP contribution < -0.4 is 11.1 Å². The van der Waals surface area contributed by atoms with E-state index in [0.717, 1.165) is 30.2 Å². The lowest BCUT2D eigenvalue weighted by molar-refractivity contribution is -0.135. The largest absolute Gasteiger partial charge is 0.445 e. The summed E-state index contributed by atoms with van der Waals surface area (Å²) in [5.41, 5.74) is 8.91. The lowest BCUT2D eigenvalue weighted by Crippen LogP contribution is -2.55. The van der Waals surface area contributed by atoms with Crippen molar-refractivity contribution in [2.45, 2.75) is 95.9 Å². The zero-order chi connectivity index (χ0) is 36.0. The number of nitrogens with zero attached hydrogens (tertiary/aromatic N) is 1. The summed E-state index contributed by atoms with van der Waals surface area (Å²) in [6.07, 6.45) is 0.321. The molecule has 0 saturated heterocycles. The van der Waals surface area contributed by atoms with Crippen LogP contribution in [0.3, 0.4) is 0 Å². The van der Waals surface area contributed by atoms with Crippen molar-refractivity contribution in [2.75, 3.05) is 12.3 Å². The third-order valence-corrected chi connectivity index (χ3v) is 10.6. The van der Waals surface area contributed by atoms with Gasteiger partial charge in [0.05, 0.1) is 17.1 Å². The molecule has 3 atom stereocenters. The maximum Gasteiger partial charge on any atom is 0.408 e. The zero-order valence-corrected chi connectivity index (χ0v) is 29.3. The molecule has 3 rings (SSSR count). The number of alkyl carbamates (subject to hydrolysis) is 1. The van der Waals surface area contributed by atoms with Crippen LogP contribution >= 0.6 is 0 Å². The molecule has 0 fully saturated rings. The predicted octanol–water partition coefficient (Wildman–Crippen LogP) is 5.47. The smallest absolute Gasteiger partial charge is 0.408 e. The highest BCUT2D eigenvalue weighted by atomic mass is 32.2. The molecule has 0 spiro atoms. The Hall–Kier alpha value is -3.87. The monoisotopic (exact) mass is 701 g/mol. The van der Waals surface area contributed by atoms with Gasteiger partial charge in [-0.3, -0.25) is 4.79 Å². The van der Waals surface area contributed by atoms with Gasteiger partial charge in [0.2, 0.25) is 5.91 Å². The van der Waals surface area contributed by atoms with Crippen LogP contribution in [0.1, 0.15) is 68.7 Å². The average Bonchev–Trinajstić information content (AvgIpc) is 3.06. The number of amides is 2. The molecule has 9 nitrogen and oxygen atoms in total. The molecule has 2 amide bonds. The Bertz CT molecular complexity index is 1580. The van der Waals surface area contributed by atoms with E-state index in [-0.39, 0.29) is 31.7 Å². The lowest BCUT2D eigenvalue weighted by atomic mass is 10.0. The summed E-state index contributed by atoms with van der Waals surface area (Å²) >= 11 is 0. The first-order valence-corrected chi connectivity index (χ1v) is 18.5. The average molecular weight is 702 g/mol. The summed E-state index contributed by atoms with van der Waals surface area (Å²) in [6, 6.07) is 16.7. The fourth-order valence-electron chi connectivity index (χ4n) is 5.72. The van der Waals surface area contributed by atoms with Gasteiger partial charge in [0.15, 0.2) is 9.84 Å². The number of sulfone groups is 1. The van der Waals surface area contributed by atoms with Crippen molar-refractivity contribution in [2.24, 2.45) is 5.73 Å². The van der Waals surface area contributed by atoms with Crippen LogP contribution in [0.15, 0.2) is 72.8 Å². The number of nitrogens with two attached hydrogens (primary N) is 1. The molecule has 12 heteroatoms. The van der Waals surface area contributed by atoms with Gasteiger partial charge in [-0.25, -0.2) is 22.0 Å². The van der Waals surface area contributed by atoms with Crippen molar-refractivity contribution in [3.63, 3.8) is 0 Å². The Morgan fingerprint density at radius 3 is 2.10 bits per heavy atom. The quantitative estimate of drug-likeness (QED) is 0.151. The third kappa shape index (κ3) is 12.8. The minimum absolute atomic E-state index is 0.0321. The maximum absolute atomic E-state index is 14.4. The number of hydrogen-bond acceptors (Lipinski definition) is 7. The maximum atomic E-state index is 14.4. The van der Waals surface area contributed by atoms with Crippen molar-refractivity contribution in [1.82, 2.24) is 10.2 Å². The predicted molar refractivity (Wildman–Crippen MR) is 186 cm³/mol. The highest BCUT2D eigenvalue weighted by Crippen LogP contribution is 2.19. The van der Waals surface area contributed by atoms with Crippen LogP contribution in [0, 0.1) is 11.6 Å². The van der Waals surface area contributed by atoms with Crippen molar-refractivity contribution >= 4 is 21.8 Å². The number of carbonyl (C=O) groups is 2. The highest BCUT2D eigenvalue weighted by Gasteiger charge is 2.36. The summed E-state index contributed by atoms with van der Waals surface area (Å²) in [5, 5.41) is 13.0. The normalized spacial score (nSPS) is 13.5. The van der Waals surface area contributed by atoms with Gasteiger partial charge in [-0.15, -0.1) is 0 Å². The molecule has 0 radical (unpaired) electrons. The van der Waals surface area contributed by atoms with Gasteiger partial charge in [-0.05, 0) is 60.1 Å². The highest BCUT2D eigenvalue weighted by molar-refractivity contribution is 7.92. The van der Waals surface area contributed by atoms with Gasteiger partial charge in [0, 0.05) is 25.2 Å². The first-order chi connectivity index (χ1) is 23.3. The fourth-order valence-corrected chi connectivity index (χ4v) is 7.87. The lowest BCUT2D eigenvalue weighted by Gasteiger charge is -2.32. The second kappa shape index (κ2) is 19.4. The van der Waals surface area contributed by atoms with E-state index in [1.165, 1.54) is 4.90 Å². The van der Waals surface area contributed by atoms with Gasteiger partial charge < -0.3 is 25.8 Å². The van der Waals surface area contributed by atoms with Crippen molar-refractivity contribution in [3.05, 3.63) is 107 Å². The molecule has 49 heavy (non-hydrogen) atoms. The minimum atomic E-state index is -3.89. The summed E-state index contributed by atoms with van der Waals surface area (Å²) in [7, 11) is -3.89. The van der Waals surface area contributed by atoms with E-state index >= 15 is 0 Å². The summed E-state index contributed by atoms with van der Waals surface area (Å²) in [4.78, 5) is 28.7. The molecule has 3 aromatic carbocycles. The Labute approximate surface area is 288 Å². The first kappa shape index (κ1) is 39.6. The van der Waals surface area contributed by atoms with E-state index in [4.69, 9.17) is 10.5 Å². The number of nitrogens with one attached hydrogen (secondary N) is 1. The van der Waals surface area contributed by atoms with Gasteiger partial charge in [0.25, 0.3) is 0 Å². The summed E-state index contributed by atoms with van der Waals surface area (Å²) in [6.45, 7) is 5.27. The molecule has 0 saturated carbocycles. The van der Waals surface area contributed by atoms with Crippen molar-refractivity contribution < 1.29 is 36.6 Å². The number of ether oxygens (including phenoxy) is 1. The Morgan fingerprint density at radius 2 is 1.49 bits per heavy atom. The number of rotatable bonds is 19. The number of aliphatic hydroxyl groups is 1. The van der Waals surface area contributed by atoms with E-state index < -0.39 is 62.7 Å². The number of aryl methyl sites for hydroxylation is 1. The first-order valence-electron chi connectivity index (χ1n) is 16.8. The second-order valence-corrected chi connectivity index (χ2v) is 14.7. The Balaban J connectivity index is 1.94.